The molecule has 2 aromatic rings. The molecule has 0 saturated heterocycles. The van der Waals surface area contributed by atoms with Crippen molar-refractivity contribution in [2.75, 3.05) is 17.7 Å². The van der Waals surface area contributed by atoms with Gasteiger partial charge >= 0.3 is 0 Å². The van der Waals surface area contributed by atoms with Crippen LogP contribution in [0.5, 0.6) is 5.75 Å². The van der Waals surface area contributed by atoms with Crippen molar-refractivity contribution >= 4 is 23.0 Å². The first kappa shape index (κ1) is 10.6. The van der Waals surface area contributed by atoms with E-state index < -0.39 is 0 Å². The van der Waals surface area contributed by atoms with Crippen LogP contribution in [0.2, 0.25) is 0 Å². The van der Waals surface area contributed by atoms with Gasteiger partial charge in [-0.05, 0) is 19.1 Å². The second-order valence-electron chi connectivity index (χ2n) is 4.02. The van der Waals surface area contributed by atoms with Crippen LogP contribution < -0.4 is 15.8 Å². The predicted molar refractivity (Wildman–Crippen MR) is 68.3 cm³/mol. The van der Waals surface area contributed by atoms with Crippen molar-refractivity contribution in [3.05, 3.63) is 30.0 Å². The van der Waals surface area contributed by atoms with Crippen LogP contribution in [0.4, 0.5) is 17.2 Å². The molecule has 92 valence electrons. The number of anilines is 2. The Kier molecular flexibility index (Phi) is 2.40. The lowest BCUT2D eigenvalue weighted by molar-refractivity contribution is 0.372. The van der Waals surface area contributed by atoms with E-state index in [9.17, 15) is 0 Å². The second-order valence-corrected chi connectivity index (χ2v) is 4.02. The number of nitrogen functional groups attached to an aromatic ring is 1. The summed E-state index contributed by atoms with van der Waals surface area (Å²) in [7, 11) is 0. The van der Waals surface area contributed by atoms with Gasteiger partial charge in [-0.2, -0.15) is 0 Å². The van der Waals surface area contributed by atoms with Gasteiger partial charge in [-0.15, -0.1) is 0 Å². The van der Waals surface area contributed by atoms with Gasteiger partial charge < -0.3 is 20.3 Å². The number of fused-ring (bicyclic) bond motifs is 1. The summed E-state index contributed by atoms with van der Waals surface area (Å²) >= 11 is 0. The molecule has 2 heterocycles. The molecule has 0 bridgehead atoms. The summed E-state index contributed by atoms with van der Waals surface area (Å²) < 4.78 is 10.5. The zero-order valence-electron chi connectivity index (χ0n) is 9.80. The van der Waals surface area contributed by atoms with Crippen molar-refractivity contribution in [1.82, 2.24) is 5.16 Å². The third kappa shape index (κ3) is 2.00. The third-order valence-electron chi connectivity index (χ3n) is 2.51. The highest BCUT2D eigenvalue weighted by molar-refractivity contribution is 6.00. The summed E-state index contributed by atoms with van der Waals surface area (Å²) in [5, 5.41) is 6.97. The summed E-state index contributed by atoms with van der Waals surface area (Å²) in [6.45, 7) is 2.17. The molecule has 3 rings (SSSR count). The molecule has 6 nitrogen and oxygen atoms in total. The summed E-state index contributed by atoms with van der Waals surface area (Å²) in [5.74, 6) is 2.66. The van der Waals surface area contributed by atoms with Crippen LogP contribution in [0.25, 0.3) is 0 Å². The molecule has 0 amide bonds. The molecule has 18 heavy (non-hydrogen) atoms. The first-order chi connectivity index (χ1) is 8.70. The number of benzene rings is 1. The average Bonchev–Trinajstić information content (AvgIpc) is 2.75. The zero-order valence-corrected chi connectivity index (χ0v) is 9.80. The van der Waals surface area contributed by atoms with E-state index in [2.05, 4.69) is 15.5 Å². The zero-order chi connectivity index (χ0) is 12.5. The number of rotatable bonds is 1. The van der Waals surface area contributed by atoms with Gasteiger partial charge in [-0.25, -0.2) is 4.99 Å². The molecular formula is C12H12N4O2. The summed E-state index contributed by atoms with van der Waals surface area (Å²) in [5.41, 5.74) is 7.19. The molecule has 0 aliphatic carbocycles. The van der Waals surface area contributed by atoms with Crippen molar-refractivity contribution < 1.29 is 9.26 Å². The molecule has 0 fully saturated rings. The molecule has 1 aromatic heterocycles. The van der Waals surface area contributed by atoms with Crippen LogP contribution in [-0.2, 0) is 0 Å². The number of hydrogen-bond acceptors (Lipinski definition) is 5. The highest BCUT2D eigenvalue weighted by Gasteiger charge is 2.15. The maximum absolute atomic E-state index is 5.68. The summed E-state index contributed by atoms with van der Waals surface area (Å²) in [6, 6.07) is 7.19. The molecule has 1 aromatic carbocycles. The average molecular weight is 244 g/mol. The van der Waals surface area contributed by atoms with Crippen LogP contribution in [-0.4, -0.2) is 17.6 Å². The van der Waals surface area contributed by atoms with Crippen LogP contribution in [0, 0.1) is 6.92 Å². The first-order valence-corrected chi connectivity index (χ1v) is 5.51. The smallest absolute Gasteiger partial charge is 0.197 e. The topological polar surface area (TPSA) is 85.7 Å². The normalized spacial score (nSPS) is 15.9. The van der Waals surface area contributed by atoms with Crippen molar-refractivity contribution in [2.45, 2.75) is 6.92 Å². The quantitative estimate of drug-likeness (QED) is 0.750. The monoisotopic (exact) mass is 244 g/mol. The Bertz CT molecular complexity index is 618. The standard InChI is InChI=1S/C12H12N4O2/c1-7-4-11(16-18-7)15-12-6-17-10-5-8(13)2-3-9(10)14-12/h2-5H,6,13H2,1H3,(H,14,15,16). The van der Waals surface area contributed by atoms with E-state index in [-0.39, 0.29) is 0 Å². The molecule has 3 N–H and O–H groups in total. The summed E-state index contributed by atoms with van der Waals surface area (Å²) in [4.78, 5) is 4.30. The maximum atomic E-state index is 5.68. The van der Waals surface area contributed by atoms with Gasteiger partial charge in [0.25, 0.3) is 0 Å². The molecule has 0 atom stereocenters. The number of amidine groups is 1. The highest BCUT2D eigenvalue weighted by atomic mass is 16.5. The molecule has 0 radical (unpaired) electrons. The fourth-order valence-electron chi connectivity index (χ4n) is 1.70. The highest BCUT2D eigenvalue weighted by Crippen LogP contribution is 2.30. The lowest BCUT2D eigenvalue weighted by Gasteiger charge is -2.20. The molecule has 1 aliphatic rings. The Morgan fingerprint density at radius 3 is 3.06 bits per heavy atom. The van der Waals surface area contributed by atoms with E-state index in [4.69, 9.17) is 15.0 Å². The van der Waals surface area contributed by atoms with Gasteiger partial charge in [0, 0.05) is 17.8 Å². The summed E-state index contributed by atoms with van der Waals surface area (Å²) in [6.07, 6.45) is 0. The van der Waals surface area contributed by atoms with E-state index in [1.165, 1.54) is 0 Å². The van der Waals surface area contributed by atoms with E-state index in [1.54, 1.807) is 18.2 Å². The lowest BCUT2D eigenvalue weighted by Crippen LogP contribution is -2.25. The first-order valence-electron chi connectivity index (χ1n) is 5.51. The number of aryl methyl sites for hydroxylation is 1. The Hall–Kier alpha value is -2.50. The van der Waals surface area contributed by atoms with Gasteiger partial charge in [0.2, 0.25) is 0 Å². The molecule has 1 aliphatic heterocycles. The Labute approximate surface area is 103 Å². The Morgan fingerprint density at radius 2 is 2.28 bits per heavy atom. The fraction of sp³-hybridized carbons (Fsp3) is 0.167. The largest absolute Gasteiger partial charge is 0.483 e. The Balaban J connectivity index is 1.86. The van der Waals surface area contributed by atoms with Gasteiger partial charge in [0.15, 0.2) is 5.82 Å². The van der Waals surface area contributed by atoms with E-state index >= 15 is 0 Å². The minimum absolute atomic E-state index is 0.350. The molecule has 0 spiro atoms. The number of nitrogens with one attached hydrogen (secondary N) is 1. The third-order valence-corrected chi connectivity index (χ3v) is 2.51. The van der Waals surface area contributed by atoms with Crippen LogP contribution in [0.3, 0.4) is 0 Å². The van der Waals surface area contributed by atoms with Crippen molar-refractivity contribution in [1.29, 1.82) is 0 Å². The Morgan fingerprint density at radius 1 is 1.39 bits per heavy atom. The number of hydrogen-bond donors (Lipinski definition) is 2. The number of nitrogens with two attached hydrogens (primary N) is 1. The second kappa shape index (κ2) is 4.06. The molecule has 0 saturated carbocycles. The molecule has 0 unspecified atom stereocenters. The van der Waals surface area contributed by atoms with Gasteiger partial charge in [-0.3, -0.25) is 0 Å². The predicted octanol–water partition coefficient (Wildman–Crippen LogP) is 2.10. The van der Waals surface area contributed by atoms with Crippen molar-refractivity contribution in [2.24, 2.45) is 4.99 Å². The SMILES string of the molecule is Cc1cc(N=C2COc3cc(N)ccc3N2)no1. The molecular weight excluding hydrogens is 232 g/mol. The molecule has 6 heteroatoms. The minimum Gasteiger partial charge on any atom is -0.483 e. The number of nitrogens with zero attached hydrogens (tertiary/aromatic N) is 2. The van der Waals surface area contributed by atoms with Crippen LogP contribution in [0.1, 0.15) is 5.76 Å². The van der Waals surface area contributed by atoms with Crippen molar-refractivity contribution in [3.8, 4) is 5.75 Å². The lowest BCUT2D eigenvalue weighted by atomic mass is 10.2. The maximum Gasteiger partial charge on any atom is 0.197 e. The van der Waals surface area contributed by atoms with Gasteiger partial charge in [0.1, 0.15) is 24.0 Å². The number of ether oxygens (including phenoxy) is 1. The van der Waals surface area contributed by atoms with Gasteiger partial charge in [-0.1, -0.05) is 5.16 Å². The van der Waals surface area contributed by atoms with Crippen LogP contribution in [0.15, 0.2) is 33.8 Å². The van der Waals surface area contributed by atoms with E-state index in [0.717, 1.165) is 17.2 Å². The van der Waals surface area contributed by atoms with Crippen LogP contribution >= 0.6 is 0 Å². The fourth-order valence-corrected chi connectivity index (χ4v) is 1.70. The minimum atomic E-state index is 0.350. The number of aromatic nitrogens is 1. The van der Waals surface area contributed by atoms with Crippen molar-refractivity contribution in [3.63, 3.8) is 0 Å². The van der Waals surface area contributed by atoms with E-state index in [1.807, 2.05) is 13.0 Å². The van der Waals surface area contributed by atoms with Gasteiger partial charge in [0.05, 0.1) is 5.69 Å². The van der Waals surface area contributed by atoms with E-state index in [0.29, 0.717) is 23.9 Å². The number of aliphatic imine (C=N–C) groups is 1.